The van der Waals surface area contributed by atoms with Crippen molar-refractivity contribution < 1.29 is 5.11 Å². The number of benzene rings is 2. The van der Waals surface area contributed by atoms with E-state index < -0.39 is 0 Å². The largest absolute Gasteiger partial charge is 0.494 e. The van der Waals surface area contributed by atoms with Gasteiger partial charge in [-0.15, -0.1) is 11.8 Å². The first-order chi connectivity index (χ1) is 12.2. The first-order valence-electron chi connectivity index (χ1n) is 7.79. The van der Waals surface area contributed by atoms with E-state index in [-0.39, 0.29) is 11.4 Å². The molecule has 5 nitrogen and oxygen atoms in total. The van der Waals surface area contributed by atoms with Gasteiger partial charge < -0.3 is 5.11 Å². The number of para-hydroxylation sites is 1. The summed E-state index contributed by atoms with van der Waals surface area (Å²) in [5, 5.41) is 15.5. The minimum absolute atomic E-state index is 0.185. The Hall–Kier alpha value is -2.99. The number of H-pyrrole nitrogens is 1. The van der Waals surface area contributed by atoms with E-state index in [1.807, 2.05) is 48.5 Å². The fourth-order valence-corrected chi connectivity index (χ4v) is 3.79. The van der Waals surface area contributed by atoms with Crippen LogP contribution >= 0.6 is 11.8 Å². The van der Waals surface area contributed by atoms with Gasteiger partial charge in [0.15, 0.2) is 5.88 Å². The van der Waals surface area contributed by atoms with Crippen LogP contribution in [-0.4, -0.2) is 19.9 Å². The molecule has 0 spiro atoms. The SMILES string of the molecule is O=c1[nH]c(O)cc2nn(-c3ccccc3)c(SCc3ccccc3)c12. The second kappa shape index (κ2) is 6.49. The zero-order valence-corrected chi connectivity index (χ0v) is 14.0. The van der Waals surface area contributed by atoms with Gasteiger partial charge in [-0.25, -0.2) is 4.68 Å². The summed E-state index contributed by atoms with van der Waals surface area (Å²) in [4.78, 5) is 14.8. The number of fused-ring (bicyclic) bond motifs is 1. The first-order valence-corrected chi connectivity index (χ1v) is 8.78. The van der Waals surface area contributed by atoms with Crippen molar-refractivity contribution in [2.24, 2.45) is 0 Å². The minimum atomic E-state index is -0.340. The van der Waals surface area contributed by atoms with Gasteiger partial charge in [-0.2, -0.15) is 5.10 Å². The lowest BCUT2D eigenvalue weighted by atomic mass is 10.2. The smallest absolute Gasteiger partial charge is 0.262 e. The van der Waals surface area contributed by atoms with Gasteiger partial charge in [0.25, 0.3) is 5.56 Å². The summed E-state index contributed by atoms with van der Waals surface area (Å²) in [5.74, 6) is 0.532. The topological polar surface area (TPSA) is 70.9 Å². The molecule has 0 amide bonds. The van der Waals surface area contributed by atoms with Crippen LogP contribution < -0.4 is 5.56 Å². The number of nitrogens with zero attached hydrogens (tertiary/aromatic N) is 2. The molecule has 0 aliphatic carbocycles. The Bertz CT molecular complexity index is 1070. The Labute approximate surface area is 147 Å². The molecule has 0 saturated heterocycles. The Morgan fingerprint density at radius 2 is 1.72 bits per heavy atom. The van der Waals surface area contributed by atoms with Crippen LogP contribution in [0.1, 0.15) is 5.56 Å². The fraction of sp³-hybridized carbons (Fsp3) is 0.0526. The van der Waals surface area contributed by atoms with Crippen molar-refractivity contribution in [3.05, 3.63) is 82.6 Å². The highest BCUT2D eigenvalue weighted by atomic mass is 32.2. The second-order valence-corrected chi connectivity index (χ2v) is 6.53. The Morgan fingerprint density at radius 3 is 2.44 bits per heavy atom. The molecule has 0 unspecified atom stereocenters. The molecule has 2 aromatic heterocycles. The highest BCUT2D eigenvalue weighted by Crippen LogP contribution is 2.31. The number of aromatic amines is 1. The lowest BCUT2D eigenvalue weighted by Crippen LogP contribution is -2.05. The molecular formula is C19H15N3O2S. The normalized spacial score (nSPS) is 11.0. The quantitative estimate of drug-likeness (QED) is 0.551. The molecule has 6 heteroatoms. The van der Waals surface area contributed by atoms with E-state index in [1.54, 1.807) is 16.4 Å². The van der Waals surface area contributed by atoms with Crippen LogP contribution in [0, 0.1) is 0 Å². The molecule has 0 radical (unpaired) electrons. The van der Waals surface area contributed by atoms with E-state index in [2.05, 4.69) is 22.2 Å². The number of hydrogen-bond donors (Lipinski definition) is 2. The highest BCUT2D eigenvalue weighted by Gasteiger charge is 2.17. The van der Waals surface area contributed by atoms with E-state index in [4.69, 9.17) is 0 Å². The average molecular weight is 349 g/mol. The Morgan fingerprint density at radius 1 is 1.04 bits per heavy atom. The molecule has 2 N–H and O–H groups in total. The van der Waals surface area contributed by atoms with Crippen LogP contribution in [-0.2, 0) is 5.75 Å². The number of aromatic hydroxyl groups is 1. The third kappa shape index (κ3) is 3.04. The van der Waals surface area contributed by atoms with Gasteiger partial charge in [0, 0.05) is 11.8 Å². The molecule has 0 aliphatic heterocycles. The standard InChI is InChI=1S/C19H15N3O2S/c23-16-11-15-17(18(24)20-16)19(25-12-13-7-3-1-4-8-13)22(21-15)14-9-5-2-6-10-14/h1-11,23H,12H2,(H,20,24). The zero-order valence-electron chi connectivity index (χ0n) is 13.2. The van der Waals surface area contributed by atoms with Crippen LogP contribution in [0.4, 0.5) is 0 Å². The van der Waals surface area contributed by atoms with Crippen molar-refractivity contribution in [1.29, 1.82) is 0 Å². The number of pyridine rings is 1. The van der Waals surface area contributed by atoms with Crippen molar-refractivity contribution in [2.75, 3.05) is 0 Å². The van der Waals surface area contributed by atoms with Gasteiger partial charge in [0.2, 0.25) is 0 Å². The monoisotopic (exact) mass is 349 g/mol. The predicted octanol–water partition coefficient (Wildman–Crippen LogP) is 3.71. The maximum absolute atomic E-state index is 12.4. The first kappa shape index (κ1) is 15.5. The molecule has 0 atom stereocenters. The van der Waals surface area contributed by atoms with Crippen molar-refractivity contribution in [2.45, 2.75) is 10.8 Å². The van der Waals surface area contributed by atoms with Gasteiger partial charge in [0.1, 0.15) is 10.5 Å². The average Bonchev–Trinajstić information content (AvgIpc) is 3.00. The van der Waals surface area contributed by atoms with E-state index >= 15 is 0 Å². The molecule has 0 fully saturated rings. The molecule has 0 aliphatic rings. The van der Waals surface area contributed by atoms with Crippen molar-refractivity contribution >= 4 is 22.7 Å². The van der Waals surface area contributed by atoms with Crippen LogP contribution in [0.5, 0.6) is 5.88 Å². The van der Waals surface area contributed by atoms with Crippen LogP contribution in [0.15, 0.2) is 76.6 Å². The summed E-state index contributed by atoms with van der Waals surface area (Å²) >= 11 is 1.55. The molecular weight excluding hydrogens is 334 g/mol. The molecule has 0 saturated carbocycles. The number of nitrogens with one attached hydrogen (secondary N) is 1. The number of hydrogen-bond acceptors (Lipinski definition) is 4. The number of thioether (sulfide) groups is 1. The maximum Gasteiger partial charge on any atom is 0.262 e. The summed E-state index contributed by atoms with van der Waals surface area (Å²) in [7, 11) is 0. The molecule has 2 aromatic carbocycles. The van der Waals surface area contributed by atoms with E-state index in [9.17, 15) is 9.90 Å². The minimum Gasteiger partial charge on any atom is -0.494 e. The molecule has 4 aromatic rings. The Balaban J connectivity index is 1.86. The second-order valence-electron chi connectivity index (χ2n) is 5.57. The third-order valence-corrected chi connectivity index (χ3v) is 4.96. The summed E-state index contributed by atoms with van der Waals surface area (Å²) in [6, 6.07) is 21.2. The number of rotatable bonds is 4. The van der Waals surface area contributed by atoms with Crippen molar-refractivity contribution in [3.8, 4) is 11.6 Å². The van der Waals surface area contributed by atoms with Crippen LogP contribution in [0.2, 0.25) is 0 Å². The van der Waals surface area contributed by atoms with Gasteiger partial charge in [-0.05, 0) is 17.7 Å². The van der Waals surface area contributed by atoms with Gasteiger partial charge >= 0.3 is 0 Å². The van der Waals surface area contributed by atoms with Crippen molar-refractivity contribution in [1.82, 2.24) is 14.8 Å². The maximum atomic E-state index is 12.4. The lowest BCUT2D eigenvalue weighted by molar-refractivity contribution is 0.453. The molecule has 25 heavy (non-hydrogen) atoms. The summed E-state index contributed by atoms with van der Waals surface area (Å²) in [5.41, 5.74) is 2.17. The lowest BCUT2D eigenvalue weighted by Gasteiger charge is -2.07. The number of aromatic nitrogens is 3. The molecule has 0 bridgehead atoms. The van der Waals surface area contributed by atoms with Gasteiger partial charge in [-0.1, -0.05) is 48.5 Å². The summed E-state index contributed by atoms with van der Waals surface area (Å²) < 4.78 is 1.76. The summed E-state index contributed by atoms with van der Waals surface area (Å²) in [6.07, 6.45) is 0. The fourth-order valence-electron chi connectivity index (χ4n) is 2.68. The molecule has 124 valence electrons. The zero-order chi connectivity index (χ0) is 17.2. The van der Waals surface area contributed by atoms with Crippen LogP contribution in [0.3, 0.4) is 0 Å². The molecule has 4 rings (SSSR count). The van der Waals surface area contributed by atoms with Gasteiger partial charge in [0.05, 0.1) is 11.1 Å². The molecule has 2 heterocycles. The van der Waals surface area contributed by atoms with Gasteiger partial charge in [-0.3, -0.25) is 9.78 Å². The van der Waals surface area contributed by atoms with E-state index in [0.717, 1.165) is 22.0 Å². The van der Waals surface area contributed by atoms with E-state index in [1.165, 1.54) is 6.07 Å². The predicted molar refractivity (Wildman–Crippen MR) is 99.4 cm³/mol. The Kier molecular flexibility index (Phi) is 4.03. The highest BCUT2D eigenvalue weighted by molar-refractivity contribution is 7.98. The summed E-state index contributed by atoms with van der Waals surface area (Å²) in [6.45, 7) is 0. The van der Waals surface area contributed by atoms with Crippen LogP contribution in [0.25, 0.3) is 16.6 Å². The van der Waals surface area contributed by atoms with Crippen molar-refractivity contribution in [3.63, 3.8) is 0 Å². The third-order valence-electron chi connectivity index (χ3n) is 3.83. The van der Waals surface area contributed by atoms with E-state index in [0.29, 0.717) is 10.9 Å².